The van der Waals surface area contributed by atoms with Crippen LogP contribution in [0.1, 0.15) is 24.1 Å². The van der Waals surface area contributed by atoms with E-state index in [1.165, 1.54) is 5.56 Å². The standard InChI is InChI=1S/C16H18N2O/c1-11-7-13(9-17-8-11)18-16-12(2)10-19-15-6-4-3-5-14(15)16/h3-9,12,16,18H,10H2,1-2H3. The lowest BCUT2D eigenvalue weighted by Crippen LogP contribution is -2.28. The van der Waals surface area contributed by atoms with Crippen molar-refractivity contribution < 1.29 is 4.74 Å². The van der Waals surface area contributed by atoms with E-state index in [9.17, 15) is 0 Å². The van der Waals surface area contributed by atoms with E-state index in [2.05, 4.69) is 42.3 Å². The largest absolute Gasteiger partial charge is 0.493 e. The minimum atomic E-state index is 0.272. The molecule has 0 saturated carbocycles. The first-order chi connectivity index (χ1) is 9.24. The molecular formula is C16H18N2O. The maximum atomic E-state index is 5.77. The normalized spacial score (nSPS) is 21.4. The monoisotopic (exact) mass is 254 g/mol. The topological polar surface area (TPSA) is 34.2 Å². The fourth-order valence-corrected chi connectivity index (χ4v) is 2.53. The van der Waals surface area contributed by atoms with Crippen LogP contribution in [0, 0.1) is 12.8 Å². The molecule has 2 aromatic rings. The molecule has 2 atom stereocenters. The molecule has 3 rings (SSSR count). The average Bonchev–Trinajstić information content (AvgIpc) is 2.42. The van der Waals surface area contributed by atoms with E-state index in [-0.39, 0.29) is 6.04 Å². The number of rotatable bonds is 2. The number of fused-ring (bicyclic) bond motifs is 1. The van der Waals surface area contributed by atoms with Crippen LogP contribution in [0.3, 0.4) is 0 Å². The quantitative estimate of drug-likeness (QED) is 0.889. The molecule has 0 aliphatic carbocycles. The van der Waals surface area contributed by atoms with Gasteiger partial charge in [0, 0.05) is 23.9 Å². The van der Waals surface area contributed by atoms with Crippen molar-refractivity contribution in [2.75, 3.05) is 11.9 Å². The zero-order valence-electron chi connectivity index (χ0n) is 11.3. The summed E-state index contributed by atoms with van der Waals surface area (Å²) in [6, 6.07) is 10.6. The van der Waals surface area contributed by atoms with Crippen molar-refractivity contribution >= 4 is 5.69 Å². The number of nitrogens with zero attached hydrogens (tertiary/aromatic N) is 1. The lowest BCUT2D eigenvalue weighted by molar-refractivity contribution is 0.214. The number of hydrogen-bond donors (Lipinski definition) is 1. The van der Waals surface area contributed by atoms with Gasteiger partial charge < -0.3 is 10.1 Å². The zero-order chi connectivity index (χ0) is 13.2. The van der Waals surface area contributed by atoms with E-state index in [1.54, 1.807) is 0 Å². The molecule has 0 bridgehead atoms. The van der Waals surface area contributed by atoms with E-state index in [0.29, 0.717) is 5.92 Å². The molecule has 0 fully saturated rings. The fourth-order valence-electron chi connectivity index (χ4n) is 2.53. The van der Waals surface area contributed by atoms with Gasteiger partial charge in [0.05, 0.1) is 18.3 Å². The third-order valence-electron chi connectivity index (χ3n) is 3.52. The van der Waals surface area contributed by atoms with Crippen LogP contribution in [0.2, 0.25) is 0 Å². The second-order valence-electron chi connectivity index (χ2n) is 5.20. The molecule has 1 aliphatic rings. The smallest absolute Gasteiger partial charge is 0.124 e. The predicted octanol–water partition coefficient (Wildman–Crippen LogP) is 3.57. The second kappa shape index (κ2) is 4.92. The summed E-state index contributed by atoms with van der Waals surface area (Å²) in [5.41, 5.74) is 3.45. The molecule has 2 unspecified atom stereocenters. The van der Waals surface area contributed by atoms with Crippen molar-refractivity contribution in [1.29, 1.82) is 0 Å². The van der Waals surface area contributed by atoms with Gasteiger partial charge in [0.1, 0.15) is 5.75 Å². The highest BCUT2D eigenvalue weighted by Crippen LogP contribution is 2.37. The molecule has 1 aliphatic heterocycles. The maximum absolute atomic E-state index is 5.77. The number of anilines is 1. The fraction of sp³-hybridized carbons (Fsp3) is 0.312. The van der Waals surface area contributed by atoms with Crippen LogP contribution in [-0.4, -0.2) is 11.6 Å². The Labute approximate surface area is 113 Å². The number of aryl methyl sites for hydroxylation is 1. The molecule has 0 amide bonds. The molecule has 0 saturated heterocycles. The summed E-state index contributed by atoms with van der Waals surface area (Å²) < 4.78 is 5.77. The third-order valence-corrected chi connectivity index (χ3v) is 3.52. The highest BCUT2D eigenvalue weighted by Gasteiger charge is 2.27. The first kappa shape index (κ1) is 12.0. The maximum Gasteiger partial charge on any atom is 0.124 e. The average molecular weight is 254 g/mol. The molecule has 1 N–H and O–H groups in total. The van der Waals surface area contributed by atoms with Gasteiger partial charge >= 0.3 is 0 Å². The molecule has 3 nitrogen and oxygen atoms in total. The summed E-state index contributed by atoms with van der Waals surface area (Å²) in [6.07, 6.45) is 3.74. The molecule has 98 valence electrons. The van der Waals surface area contributed by atoms with Gasteiger partial charge in [0.25, 0.3) is 0 Å². The van der Waals surface area contributed by atoms with Crippen LogP contribution in [0.4, 0.5) is 5.69 Å². The van der Waals surface area contributed by atoms with Crippen molar-refractivity contribution in [3.05, 3.63) is 53.9 Å². The highest BCUT2D eigenvalue weighted by atomic mass is 16.5. The van der Waals surface area contributed by atoms with E-state index in [1.807, 2.05) is 24.5 Å². The van der Waals surface area contributed by atoms with Crippen molar-refractivity contribution in [2.45, 2.75) is 19.9 Å². The minimum absolute atomic E-state index is 0.272. The highest BCUT2D eigenvalue weighted by molar-refractivity contribution is 5.48. The molecule has 3 heteroatoms. The first-order valence-corrected chi connectivity index (χ1v) is 6.64. The molecule has 2 heterocycles. The summed E-state index contributed by atoms with van der Waals surface area (Å²) >= 11 is 0. The molecule has 0 radical (unpaired) electrons. The van der Waals surface area contributed by atoms with Gasteiger partial charge in [-0.25, -0.2) is 0 Å². The van der Waals surface area contributed by atoms with Crippen LogP contribution in [0.15, 0.2) is 42.7 Å². The van der Waals surface area contributed by atoms with Crippen molar-refractivity contribution in [1.82, 2.24) is 4.98 Å². The number of ether oxygens (including phenoxy) is 1. The SMILES string of the molecule is Cc1cncc(NC2c3ccccc3OCC2C)c1. The predicted molar refractivity (Wildman–Crippen MR) is 76.4 cm³/mol. The van der Waals surface area contributed by atoms with Gasteiger partial charge in [0.15, 0.2) is 0 Å². The van der Waals surface area contributed by atoms with Crippen LogP contribution in [0.5, 0.6) is 5.75 Å². The lowest BCUT2D eigenvalue weighted by atomic mass is 9.92. The van der Waals surface area contributed by atoms with Gasteiger partial charge in [-0.1, -0.05) is 25.1 Å². The Morgan fingerprint density at radius 1 is 1.26 bits per heavy atom. The molecule has 1 aromatic carbocycles. The Kier molecular flexibility index (Phi) is 3.11. The number of pyridine rings is 1. The summed E-state index contributed by atoms with van der Waals surface area (Å²) in [5.74, 6) is 1.41. The Balaban J connectivity index is 1.91. The third kappa shape index (κ3) is 2.41. The summed E-state index contributed by atoms with van der Waals surface area (Å²) in [6.45, 7) is 5.00. The first-order valence-electron chi connectivity index (χ1n) is 6.64. The van der Waals surface area contributed by atoms with Gasteiger partial charge in [0.2, 0.25) is 0 Å². The Morgan fingerprint density at radius 3 is 2.95 bits per heavy atom. The number of para-hydroxylation sites is 1. The zero-order valence-corrected chi connectivity index (χ0v) is 11.3. The van der Waals surface area contributed by atoms with Crippen molar-refractivity contribution in [3.8, 4) is 5.75 Å². The molecule has 1 aromatic heterocycles. The number of aromatic nitrogens is 1. The molecule has 0 spiro atoms. The van der Waals surface area contributed by atoms with E-state index in [4.69, 9.17) is 4.74 Å². The van der Waals surface area contributed by atoms with E-state index < -0.39 is 0 Å². The van der Waals surface area contributed by atoms with Crippen LogP contribution >= 0.6 is 0 Å². The molecule has 19 heavy (non-hydrogen) atoms. The summed E-state index contributed by atoms with van der Waals surface area (Å²) in [7, 11) is 0. The number of hydrogen-bond acceptors (Lipinski definition) is 3. The van der Waals surface area contributed by atoms with Crippen LogP contribution in [0.25, 0.3) is 0 Å². The Morgan fingerprint density at radius 2 is 2.11 bits per heavy atom. The summed E-state index contributed by atoms with van der Waals surface area (Å²) in [5, 5.41) is 3.59. The number of benzene rings is 1. The van der Waals surface area contributed by atoms with Gasteiger partial charge in [-0.15, -0.1) is 0 Å². The van der Waals surface area contributed by atoms with Gasteiger partial charge in [-0.3, -0.25) is 4.98 Å². The van der Waals surface area contributed by atoms with Crippen molar-refractivity contribution in [3.63, 3.8) is 0 Å². The molecular weight excluding hydrogens is 236 g/mol. The van der Waals surface area contributed by atoms with Crippen LogP contribution < -0.4 is 10.1 Å². The second-order valence-corrected chi connectivity index (χ2v) is 5.20. The van der Waals surface area contributed by atoms with Gasteiger partial charge in [-0.05, 0) is 24.6 Å². The Hall–Kier alpha value is -2.03. The lowest BCUT2D eigenvalue weighted by Gasteiger charge is -2.32. The Bertz CT molecular complexity index is 582. The minimum Gasteiger partial charge on any atom is -0.493 e. The van der Waals surface area contributed by atoms with Gasteiger partial charge in [-0.2, -0.15) is 0 Å². The summed E-state index contributed by atoms with van der Waals surface area (Å²) in [4.78, 5) is 4.24. The van der Waals surface area contributed by atoms with Crippen LogP contribution in [-0.2, 0) is 0 Å². The number of nitrogens with one attached hydrogen (secondary N) is 1. The van der Waals surface area contributed by atoms with E-state index >= 15 is 0 Å². The van der Waals surface area contributed by atoms with E-state index in [0.717, 1.165) is 23.6 Å². The van der Waals surface area contributed by atoms with Crippen molar-refractivity contribution in [2.24, 2.45) is 5.92 Å².